The summed E-state index contributed by atoms with van der Waals surface area (Å²) in [6.07, 6.45) is 0.729. The molecule has 0 aliphatic rings. The lowest BCUT2D eigenvalue weighted by molar-refractivity contribution is -0.147. The first-order valence-corrected chi connectivity index (χ1v) is 10.3. The van der Waals surface area contributed by atoms with Crippen molar-refractivity contribution in [2.75, 3.05) is 0 Å². The van der Waals surface area contributed by atoms with Crippen molar-refractivity contribution in [3.8, 4) is 0 Å². The van der Waals surface area contributed by atoms with Crippen molar-refractivity contribution in [3.05, 3.63) is 108 Å². The highest BCUT2D eigenvalue weighted by Crippen LogP contribution is 2.21. The molecular weight excluding hydrogens is 388 g/mol. The topological polar surface area (TPSA) is 92.4 Å². The van der Waals surface area contributed by atoms with Gasteiger partial charge in [-0.15, -0.1) is 0 Å². The summed E-state index contributed by atoms with van der Waals surface area (Å²) in [6, 6.07) is 28.3. The van der Waals surface area contributed by atoms with Crippen molar-refractivity contribution < 1.29 is 14.7 Å². The fourth-order valence-corrected chi connectivity index (χ4v) is 3.70. The van der Waals surface area contributed by atoms with Crippen LogP contribution < -0.4 is 11.1 Å². The molecule has 3 aromatic rings. The fourth-order valence-electron chi connectivity index (χ4n) is 3.70. The molecule has 5 heteroatoms. The van der Waals surface area contributed by atoms with Crippen LogP contribution in [0.25, 0.3) is 0 Å². The maximum Gasteiger partial charge on any atom is 0.329 e. The smallest absolute Gasteiger partial charge is 0.329 e. The zero-order valence-electron chi connectivity index (χ0n) is 17.6. The van der Waals surface area contributed by atoms with E-state index in [1.165, 1.54) is 6.92 Å². The van der Waals surface area contributed by atoms with E-state index >= 15 is 0 Å². The summed E-state index contributed by atoms with van der Waals surface area (Å²) in [6.45, 7) is 1.52. The minimum Gasteiger partial charge on any atom is -0.480 e. The number of benzene rings is 3. The molecule has 0 unspecified atom stereocenters. The van der Waals surface area contributed by atoms with Crippen LogP contribution in [-0.4, -0.2) is 28.1 Å². The molecule has 4 N–H and O–H groups in total. The minimum atomic E-state index is -1.49. The first-order chi connectivity index (χ1) is 14.8. The van der Waals surface area contributed by atoms with Gasteiger partial charge in [0.05, 0.1) is 0 Å². The Balaban J connectivity index is 1.89. The van der Waals surface area contributed by atoms with Crippen LogP contribution >= 0.6 is 0 Å². The third-order valence-electron chi connectivity index (χ3n) is 5.44. The standard InChI is InChI=1S/C26H28N2O3/c1-25(24(30)31,17-20-11-5-2-6-12-20)28-23(29)26(27,18-21-13-7-3-8-14-21)19-22-15-9-4-10-16-22/h2-16H,17-19,27H2,1H3,(H,28,29)(H,30,31)/t25-/m1/s1. The van der Waals surface area contributed by atoms with E-state index in [2.05, 4.69) is 5.32 Å². The summed E-state index contributed by atoms with van der Waals surface area (Å²) in [5.41, 5.74) is 6.55. The Morgan fingerprint density at radius 2 is 1.10 bits per heavy atom. The Morgan fingerprint density at radius 1 is 0.742 bits per heavy atom. The number of carboxylic acid groups (broad SMARTS) is 1. The van der Waals surface area contributed by atoms with Crippen LogP contribution in [-0.2, 0) is 28.9 Å². The van der Waals surface area contributed by atoms with E-state index in [-0.39, 0.29) is 19.3 Å². The number of carboxylic acids is 1. The maximum atomic E-state index is 13.5. The molecule has 0 saturated heterocycles. The maximum absolute atomic E-state index is 13.5. The SMILES string of the molecule is C[C@](Cc1ccccc1)(NC(=O)C(N)(Cc1ccccc1)Cc1ccccc1)C(=O)O. The highest BCUT2D eigenvalue weighted by atomic mass is 16.4. The highest BCUT2D eigenvalue weighted by Gasteiger charge is 2.42. The van der Waals surface area contributed by atoms with Gasteiger partial charge >= 0.3 is 5.97 Å². The molecule has 3 rings (SSSR count). The van der Waals surface area contributed by atoms with Gasteiger partial charge in [0.15, 0.2) is 0 Å². The Morgan fingerprint density at radius 3 is 1.45 bits per heavy atom. The predicted molar refractivity (Wildman–Crippen MR) is 122 cm³/mol. The average Bonchev–Trinajstić information content (AvgIpc) is 2.75. The minimum absolute atomic E-state index is 0.154. The lowest BCUT2D eigenvalue weighted by Gasteiger charge is -2.34. The van der Waals surface area contributed by atoms with Crippen molar-refractivity contribution >= 4 is 11.9 Å². The average molecular weight is 417 g/mol. The second-order valence-corrected chi connectivity index (χ2v) is 8.23. The van der Waals surface area contributed by atoms with Crippen LogP contribution in [0.5, 0.6) is 0 Å². The first-order valence-electron chi connectivity index (χ1n) is 10.3. The Hall–Kier alpha value is -3.44. The molecule has 3 aromatic carbocycles. The van der Waals surface area contributed by atoms with Crippen LogP contribution in [0.15, 0.2) is 91.0 Å². The molecule has 0 heterocycles. The summed E-state index contributed by atoms with van der Waals surface area (Å²) >= 11 is 0. The van der Waals surface area contributed by atoms with E-state index in [9.17, 15) is 14.7 Å². The molecule has 0 fully saturated rings. The van der Waals surface area contributed by atoms with E-state index in [0.717, 1.165) is 16.7 Å². The first kappa shape index (κ1) is 22.2. The third kappa shape index (κ3) is 5.80. The van der Waals surface area contributed by atoms with Gasteiger partial charge in [-0.2, -0.15) is 0 Å². The van der Waals surface area contributed by atoms with Crippen molar-refractivity contribution in [1.29, 1.82) is 0 Å². The van der Waals surface area contributed by atoms with Crippen LogP contribution in [0, 0.1) is 0 Å². The number of nitrogens with two attached hydrogens (primary N) is 1. The number of nitrogens with one attached hydrogen (secondary N) is 1. The summed E-state index contributed by atoms with van der Waals surface area (Å²) in [4.78, 5) is 25.6. The largest absolute Gasteiger partial charge is 0.480 e. The van der Waals surface area contributed by atoms with Crippen molar-refractivity contribution in [2.45, 2.75) is 37.3 Å². The summed E-state index contributed by atoms with van der Waals surface area (Å²) in [7, 11) is 0. The summed E-state index contributed by atoms with van der Waals surface area (Å²) in [5, 5.41) is 12.7. The summed E-state index contributed by atoms with van der Waals surface area (Å²) < 4.78 is 0. The van der Waals surface area contributed by atoms with Gasteiger partial charge in [0.25, 0.3) is 0 Å². The highest BCUT2D eigenvalue weighted by molar-refractivity contribution is 5.92. The Bertz CT molecular complexity index is 965. The molecule has 1 amide bonds. The molecule has 0 saturated carbocycles. The molecule has 1 atom stereocenters. The van der Waals surface area contributed by atoms with Gasteiger partial charge in [-0.1, -0.05) is 91.0 Å². The van der Waals surface area contributed by atoms with E-state index in [1.807, 2.05) is 91.0 Å². The van der Waals surface area contributed by atoms with Crippen molar-refractivity contribution in [2.24, 2.45) is 5.73 Å². The number of hydrogen-bond donors (Lipinski definition) is 3. The number of carbonyl (C=O) groups is 2. The lowest BCUT2D eigenvalue weighted by Crippen LogP contribution is -2.64. The Kier molecular flexibility index (Phi) is 6.88. The van der Waals surface area contributed by atoms with Crippen molar-refractivity contribution in [1.82, 2.24) is 5.32 Å². The number of amides is 1. The molecule has 5 nitrogen and oxygen atoms in total. The molecule has 0 radical (unpaired) electrons. The van der Waals surface area contributed by atoms with Gasteiger partial charge < -0.3 is 16.2 Å². The molecule has 0 aliphatic carbocycles. The molecule has 160 valence electrons. The van der Waals surface area contributed by atoms with Crippen LogP contribution in [0.1, 0.15) is 23.6 Å². The van der Waals surface area contributed by atoms with E-state index < -0.39 is 23.0 Å². The quantitative estimate of drug-likeness (QED) is 0.499. The predicted octanol–water partition coefficient (Wildman–Crippen LogP) is 3.37. The van der Waals surface area contributed by atoms with Crippen molar-refractivity contribution in [3.63, 3.8) is 0 Å². The van der Waals surface area contributed by atoms with Crippen LogP contribution in [0.4, 0.5) is 0 Å². The van der Waals surface area contributed by atoms with Gasteiger partial charge in [-0.05, 0) is 36.5 Å². The molecule has 0 bridgehead atoms. The van der Waals surface area contributed by atoms with Gasteiger partial charge in [-0.3, -0.25) is 4.79 Å². The molecule has 0 spiro atoms. The van der Waals surface area contributed by atoms with Gasteiger partial charge in [-0.25, -0.2) is 4.79 Å². The van der Waals surface area contributed by atoms with Crippen LogP contribution in [0.3, 0.4) is 0 Å². The lowest BCUT2D eigenvalue weighted by atomic mass is 9.83. The Labute approximate surface area is 182 Å². The summed E-state index contributed by atoms with van der Waals surface area (Å²) in [5.74, 6) is -1.59. The van der Waals surface area contributed by atoms with Crippen LogP contribution in [0.2, 0.25) is 0 Å². The monoisotopic (exact) mass is 416 g/mol. The fraction of sp³-hybridized carbons (Fsp3) is 0.231. The van der Waals surface area contributed by atoms with Gasteiger partial charge in [0.1, 0.15) is 11.1 Å². The van der Waals surface area contributed by atoms with Gasteiger partial charge in [0.2, 0.25) is 5.91 Å². The van der Waals surface area contributed by atoms with E-state index in [0.29, 0.717) is 0 Å². The number of aliphatic carboxylic acids is 1. The molecule has 0 aromatic heterocycles. The number of carbonyl (C=O) groups excluding carboxylic acids is 1. The second kappa shape index (κ2) is 9.58. The van der Waals surface area contributed by atoms with E-state index in [1.54, 1.807) is 0 Å². The molecule has 31 heavy (non-hydrogen) atoms. The van der Waals surface area contributed by atoms with Gasteiger partial charge in [0, 0.05) is 6.42 Å². The van der Waals surface area contributed by atoms with E-state index in [4.69, 9.17) is 5.73 Å². The third-order valence-corrected chi connectivity index (χ3v) is 5.44. The number of hydrogen-bond acceptors (Lipinski definition) is 3. The zero-order valence-corrected chi connectivity index (χ0v) is 17.6. The number of rotatable bonds is 9. The molecular formula is C26H28N2O3. The zero-order chi connectivity index (χ0) is 22.3. The normalized spacial score (nSPS) is 13.2. The molecule has 0 aliphatic heterocycles. The second-order valence-electron chi connectivity index (χ2n) is 8.23.